The number of anilines is 1. The van der Waals surface area contributed by atoms with Gasteiger partial charge in [0, 0.05) is 38.8 Å². The number of nitrogens with zero attached hydrogens (tertiary/aromatic N) is 1. The number of hydrogen-bond donors (Lipinski definition) is 1. The van der Waals surface area contributed by atoms with E-state index in [1.54, 1.807) is 14.0 Å². The molecular weight excluding hydrogens is 228 g/mol. The van der Waals surface area contributed by atoms with Crippen LogP contribution in [0.15, 0.2) is 18.2 Å². The van der Waals surface area contributed by atoms with Crippen LogP contribution in [0.5, 0.6) is 5.75 Å². The number of likely N-dealkylation sites (tertiary alicyclic amines) is 1. The van der Waals surface area contributed by atoms with Crippen LogP contribution in [0.3, 0.4) is 0 Å². The lowest BCUT2D eigenvalue weighted by Gasteiger charge is -2.38. The van der Waals surface area contributed by atoms with Crippen molar-refractivity contribution in [3.05, 3.63) is 23.8 Å². The summed E-state index contributed by atoms with van der Waals surface area (Å²) in [7, 11) is 3.58. The van der Waals surface area contributed by atoms with Crippen molar-refractivity contribution in [2.45, 2.75) is 13.3 Å². The molecular formula is C14H20N2O2. The van der Waals surface area contributed by atoms with Crippen LogP contribution in [0.25, 0.3) is 0 Å². The van der Waals surface area contributed by atoms with Gasteiger partial charge in [0.2, 0.25) is 5.91 Å². The molecule has 0 atom stereocenters. The standard InChI is InChI=1S/C14H20N2O2/c1-10(17)16-8-12(9-16)4-11-5-13(15-2)7-14(6-11)18-3/h5-7,12,15H,4,8-9H2,1-3H3. The van der Waals surface area contributed by atoms with E-state index in [4.69, 9.17) is 4.74 Å². The first-order chi connectivity index (χ1) is 8.62. The van der Waals surface area contributed by atoms with Gasteiger partial charge in [0.05, 0.1) is 7.11 Å². The third-order valence-electron chi connectivity index (χ3n) is 3.42. The van der Waals surface area contributed by atoms with Crippen LogP contribution in [-0.4, -0.2) is 38.1 Å². The smallest absolute Gasteiger partial charge is 0.219 e. The summed E-state index contributed by atoms with van der Waals surface area (Å²) in [5.74, 6) is 1.62. The number of rotatable bonds is 4. The minimum absolute atomic E-state index is 0.174. The fourth-order valence-electron chi connectivity index (χ4n) is 2.33. The van der Waals surface area contributed by atoms with Crippen LogP contribution >= 0.6 is 0 Å². The van der Waals surface area contributed by atoms with E-state index in [2.05, 4.69) is 17.4 Å². The molecule has 0 saturated carbocycles. The Kier molecular flexibility index (Phi) is 3.75. The zero-order chi connectivity index (χ0) is 13.1. The maximum absolute atomic E-state index is 11.1. The number of ether oxygens (including phenoxy) is 1. The molecule has 4 heteroatoms. The first kappa shape index (κ1) is 12.7. The quantitative estimate of drug-likeness (QED) is 0.882. The van der Waals surface area contributed by atoms with Gasteiger partial charge in [-0.1, -0.05) is 0 Å². The number of methoxy groups -OCH3 is 1. The monoisotopic (exact) mass is 248 g/mol. The molecule has 0 spiro atoms. The molecule has 4 nitrogen and oxygen atoms in total. The summed E-state index contributed by atoms with van der Waals surface area (Å²) in [4.78, 5) is 13.0. The van der Waals surface area contributed by atoms with Crippen molar-refractivity contribution in [1.29, 1.82) is 0 Å². The second-order valence-electron chi connectivity index (χ2n) is 4.81. The van der Waals surface area contributed by atoms with Crippen molar-refractivity contribution >= 4 is 11.6 Å². The summed E-state index contributed by atoms with van der Waals surface area (Å²) >= 11 is 0. The van der Waals surface area contributed by atoms with Gasteiger partial charge in [-0.2, -0.15) is 0 Å². The Balaban J connectivity index is 1.99. The van der Waals surface area contributed by atoms with E-state index in [0.29, 0.717) is 5.92 Å². The first-order valence-electron chi connectivity index (χ1n) is 6.23. The van der Waals surface area contributed by atoms with E-state index < -0.39 is 0 Å². The van der Waals surface area contributed by atoms with Gasteiger partial charge in [-0.25, -0.2) is 0 Å². The third kappa shape index (κ3) is 2.75. The summed E-state index contributed by atoms with van der Waals surface area (Å²) in [6.07, 6.45) is 0.996. The zero-order valence-electron chi connectivity index (χ0n) is 11.2. The Labute approximate surface area is 108 Å². The summed E-state index contributed by atoms with van der Waals surface area (Å²) in [6, 6.07) is 6.18. The van der Waals surface area contributed by atoms with E-state index in [-0.39, 0.29) is 5.91 Å². The molecule has 0 radical (unpaired) electrons. The molecule has 0 bridgehead atoms. The van der Waals surface area contributed by atoms with Crippen LogP contribution < -0.4 is 10.1 Å². The highest BCUT2D eigenvalue weighted by molar-refractivity contribution is 5.74. The number of nitrogens with one attached hydrogen (secondary N) is 1. The maximum Gasteiger partial charge on any atom is 0.219 e. The summed E-state index contributed by atoms with van der Waals surface area (Å²) in [5.41, 5.74) is 2.32. The molecule has 1 amide bonds. The molecule has 98 valence electrons. The normalized spacial score (nSPS) is 15.2. The number of hydrogen-bond acceptors (Lipinski definition) is 3. The van der Waals surface area contributed by atoms with Gasteiger partial charge in [0.15, 0.2) is 0 Å². The Bertz CT molecular complexity index is 417. The minimum Gasteiger partial charge on any atom is -0.497 e. The highest BCUT2D eigenvalue weighted by atomic mass is 16.5. The van der Waals surface area contributed by atoms with Gasteiger partial charge in [-0.3, -0.25) is 4.79 Å². The second-order valence-corrected chi connectivity index (χ2v) is 4.81. The summed E-state index contributed by atoms with van der Waals surface area (Å²) < 4.78 is 5.29. The second kappa shape index (κ2) is 5.29. The van der Waals surface area contributed by atoms with Crippen molar-refractivity contribution in [1.82, 2.24) is 4.90 Å². The fourth-order valence-corrected chi connectivity index (χ4v) is 2.33. The van der Waals surface area contributed by atoms with E-state index in [9.17, 15) is 4.79 Å². The minimum atomic E-state index is 0.174. The van der Waals surface area contributed by atoms with Gasteiger partial charge >= 0.3 is 0 Å². The van der Waals surface area contributed by atoms with E-state index >= 15 is 0 Å². The number of carbonyl (C=O) groups is 1. The van der Waals surface area contributed by atoms with Gasteiger partial charge in [-0.15, -0.1) is 0 Å². The molecule has 1 heterocycles. The summed E-state index contributed by atoms with van der Waals surface area (Å²) in [5, 5.41) is 3.13. The molecule has 0 aliphatic carbocycles. The molecule has 0 aromatic heterocycles. The average Bonchev–Trinajstić information content (AvgIpc) is 2.32. The SMILES string of the molecule is CNc1cc(CC2CN(C(C)=O)C2)cc(OC)c1. The molecule has 0 unspecified atom stereocenters. The highest BCUT2D eigenvalue weighted by Gasteiger charge is 2.28. The van der Waals surface area contributed by atoms with Crippen LogP contribution in [0, 0.1) is 5.92 Å². The van der Waals surface area contributed by atoms with Crippen molar-refractivity contribution in [3.8, 4) is 5.75 Å². The Morgan fingerprint density at radius 3 is 2.72 bits per heavy atom. The maximum atomic E-state index is 11.1. The van der Waals surface area contributed by atoms with Gasteiger partial charge in [0.25, 0.3) is 0 Å². The molecule has 2 rings (SSSR count). The molecule has 1 saturated heterocycles. The lowest BCUT2D eigenvalue weighted by Crippen LogP contribution is -2.49. The van der Waals surface area contributed by atoms with Crippen molar-refractivity contribution in [2.24, 2.45) is 5.92 Å². The Morgan fingerprint density at radius 2 is 2.17 bits per heavy atom. The Hall–Kier alpha value is -1.71. The van der Waals surface area contributed by atoms with Crippen molar-refractivity contribution in [2.75, 3.05) is 32.6 Å². The third-order valence-corrected chi connectivity index (χ3v) is 3.42. The van der Waals surface area contributed by atoms with E-state index in [1.165, 1.54) is 5.56 Å². The molecule has 1 fully saturated rings. The first-order valence-corrected chi connectivity index (χ1v) is 6.23. The molecule has 18 heavy (non-hydrogen) atoms. The van der Waals surface area contributed by atoms with Crippen molar-refractivity contribution in [3.63, 3.8) is 0 Å². The predicted octanol–water partition coefficient (Wildman–Crippen LogP) is 1.76. The van der Waals surface area contributed by atoms with E-state index in [0.717, 1.165) is 30.9 Å². The van der Waals surface area contributed by atoms with Crippen LogP contribution in [0.4, 0.5) is 5.69 Å². The van der Waals surface area contributed by atoms with Gasteiger partial charge in [-0.05, 0) is 30.0 Å². The molecule has 1 N–H and O–H groups in total. The molecule has 1 aliphatic rings. The topological polar surface area (TPSA) is 41.6 Å². The number of carbonyl (C=O) groups excluding carboxylic acids is 1. The fraction of sp³-hybridized carbons (Fsp3) is 0.500. The Morgan fingerprint density at radius 1 is 1.44 bits per heavy atom. The largest absolute Gasteiger partial charge is 0.497 e. The van der Waals surface area contributed by atoms with Crippen molar-refractivity contribution < 1.29 is 9.53 Å². The predicted molar refractivity (Wildman–Crippen MR) is 72.0 cm³/mol. The van der Waals surface area contributed by atoms with E-state index in [1.807, 2.05) is 18.0 Å². The van der Waals surface area contributed by atoms with Gasteiger partial charge < -0.3 is 15.0 Å². The summed E-state index contributed by atoms with van der Waals surface area (Å²) in [6.45, 7) is 3.38. The van der Waals surface area contributed by atoms with Crippen LogP contribution in [0.2, 0.25) is 0 Å². The molecule has 1 aromatic rings. The molecule has 1 aliphatic heterocycles. The number of benzene rings is 1. The average molecular weight is 248 g/mol. The van der Waals surface area contributed by atoms with Crippen LogP contribution in [-0.2, 0) is 11.2 Å². The van der Waals surface area contributed by atoms with Gasteiger partial charge in [0.1, 0.15) is 5.75 Å². The molecule has 1 aromatic carbocycles. The number of amides is 1. The zero-order valence-corrected chi connectivity index (χ0v) is 11.2. The van der Waals surface area contributed by atoms with Crippen LogP contribution in [0.1, 0.15) is 12.5 Å². The lowest BCUT2D eigenvalue weighted by atomic mass is 9.92. The highest BCUT2D eigenvalue weighted by Crippen LogP contribution is 2.25. The lowest BCUT2D eigenvalue weighted by molar-refractivity contribution is -0.134.